The standard InChI is InChI=1S/C13H22O/c1-10-3-5-11(6-4-10)13(2)8-7-12(14)9-13/h10-11H,3-9H2,1-2H3. The number of hydrogen-bond donors (Lipinski definition) is 0. The van der Waals surface area contributed by atoms with Crippen LogP contribution in [0.3, 0.4) is 0 Å². The van der Waals surface area contributed by atoms with E-state index < -0.39 is 0 Å². The van der Waals surface area contributed by atoms with Gasteiger partial charge in [-0.1, -0.05) is 26.7 Å². The molecule has 0 aromatic heterocycles. The van der Waals surface area contributed by atoms with Gasteiger partial charge in [0, 0.05) is 12.8 Å². The molecule has 0 aliphatic heterocycles. The molecule has 0 aromatic rings. The second kappa shape index (κ2) is 3.67. The van der Waals surface area contributed by atoms with E-state index in [-0.39, 0.29) is 0 Å². The quantitative estimate of drug-likeness (QED) is 0.623. The van der Waals surface area contributed by atoms with E-state index in [1.54, 1.807) is 0 Å². The Morgan fingerprint density at radius 1 is 1.21 bits per heavy atom. The summed E-state index contributed by atoms with van der Waals surface area (Å²) in [5.74, 6) is 2.27. The fourth-order valence-electron chi connectivity index (χ4n) is 3.36. The van der Waals surface area contributed by atoms with Crippen LogP contribution in [0.4, 0.5) is 0 Å². The predicted molar refractivity (Wildman–Crippen MR) is 58.1 cm³/mol. The van der Waals surface area contributed by atoms with Crippen LogP contribution >= 0.6 is 0 Å². The topological polar surface area (TPSA) is 17.1 Å². The van der Waals surface area contributed by atoms with Crippen LogP contribution in [0.5, 0.6) is 0 Å². The summed E-state index contributed by atoms with van der Waals surface area (Å²) in [5.41, 5.74) is 0.372. The zero-order valence-corrected chi connectivity index (χ0v) is 9.51. The van der Waals surface area contributed by atoms with Gasteiger partial charge in [-0.15, -0.1) is 0 Å². The number of carbonyl (C=O) groups is 1. The van der Waals surface area contributed by atoms with Crippen molar-refractivity contribution >= 4 is 5.78 Å². The van der Waals surface area contributed by atoms with Gasteiger partial charge in [0.1, 0.15) is 5.78 Å². The minimum absolute atomic E-state index is 0.372. The zero-order chi connectivity index (χ0) is 10.2. The van der Waals surface area contributed by atoms with E-state index in [4.69, 9.17) is 0 Å². The summed E-state index contributed by atoms with van der Waals surface area (Å²) >= 11 is 0. The molecule has 2 fully saturated rings. The summed E-state index contributed by atoms with van der Waals surface area (Å²) in [5, 5.41) is 0. The molecule has 2 aliphatic carbocycles. The summed E-state index contributed by atoms with van der Waals surface area (Å²) < 4.78 is 0. The van der Waals surface area contributed by atoms with Crippen LogP contribution in [0.2, 0.25) is 0 Å². The third-order valence-electron chi connectivity index (χ3n) is 4.58. The third-order valence-corrected chi connectivity index (χ3v) is 4.58. The number of Topliss-reactive ketones (excluding diaryl/α,β-unsaturated/α-hetero) is 1. The lowest BCUT2D eigenvalue weighted by Gasteiger charge is -2.38. The maximum atomic E-state index is 11.4. The number of hydrogen-bond acceptors (Lipinski definition) is 1. The van der Waals surface area contributed by atoms with Crippen molar-refractivity contribution in [3.8, 4) is 0 Å². The van der Waals surface area contributed by atoms with Crippen molar-refractivity contribution in [3.05, 3.63) is 0 Å². The molecule has 1 atom stereocenters. The SMILES string of the molecule is CC1CCC(C2(C)CCC(=O)C2)CC1. The van der Waals surface area contributed by atoms with E-state index in [1.165, 1.54) is 25.7 Å². The second-order valence-electron chi connectivity index (χ2n) is 5.83. The van der Waals surface area contributed by atoms with Gasteiger partial charge in [-0.05, 0) is 36.5 Å². The molecule has 0 spiro atoms. The molecule has 1 unspecified atom stereocenters. The van der Waals surface area contributed by atoms with Gasteiger partial charge in [-0.2, -0.15) is 0 Å². The number of rotatable bonds is 1. The lowest BCUT2D eigenvalue weighted by molar-refractivity contribution is -0.118. The van der Waals surface area contributed by atoms with Crippen molar-refractivity contribution in [1.29, 1.82) is 0 Å². The molecule has 0 heterocycles. The molecule has 0 amide bonds. The first-order valence-corrected chi connectivity index (χ1v) is 6.12. The van der Waals surface area contributed by atoms with Gasteiger partial charge in [0.25, 0.3) is 0 Å². The molecule has 14 heavy (non-hydrogen) atoms. The minimum Gasteiger partial charge on any atom is -0.300 e. The molecule has 0 saturated heterocycles. The molecular formula is C13H22O. The maximum absolute atomic E-state index is 11.4. The lowest BCUT2D eigenvalue weighted by Crippen LogP contribution is -2.28. The van der Waals surface area contributed by atoms with E-state index in [2.05, 4.69) is 13.8 Å². The van der Waals surface area contributed by atoms with Gasteiger partial charge >= 0.3 is 0 Å². The van der Waals surface area contributed by atoms with Gasteiger partial charge in [-0.25, -0.2) is 0 Å². The molecular weight excluding hydrogens is 172 g/mol. The molecule has 2 aliphatic rings. The van der Waals surface area contributed by atoms with E-state index >= 15 is 0 Å². The Hall–Kier alpha value is -0.330. The van der Waals surface area contributed by atoms with Crippen molar-refractivity contribution in [2.45, 2.75) is 58.8 Å². The largest absolute Gasteiger partial charge is 0.300 e. The molecule has 1 heteroatoms. The molecule has 1 nitrogen and oxygen atoms in total. The highest BCUT2D eigenvalue weighted by atomic mass is 16.1. The van der Waals surface area contributed by atoms with E-state index in [9.17, 15) is 4.79 Å². The first-order chi connectivity index (χ1) is 6.60. The first kappa shape index (κ1) is 10.2. The Morgan fingerprint density at radius 3 is 2.36 bits per heavy atom. The molecule has 0 radical (unpaired) electrons. The second-order valence-corrected chi connectivity index (χ2v) is 5.83. The van der Waals surface area contributed by atoms with Gasteiger partial charge in [0.15, 0.2) is 0 Å². The minimum atomic E-state index is 0.372. The van der Waals surface area contributed by atoms with Gasteiger partial charge < -0.3 is 0 Å². The Kier molecular flexibility index (Phi) is 2.68. The van der Waals surface area contributed by atoms with Gasteiger partial charge in [0.05, 0.1) is 0 Å². The highest BCUT2D eigenvalue weighted by molar-refractivity contribution is 5.81. The monoisotopic (exact) mass is 194 g/mol. The molecule has 2 saturated carbocycles. The molecule has 0 N–H and O–H groups in total. The summed E-state index contributed by atoms with van der Waals surface area (Å²) in [6.07, 6.45) is 8.37. The Labute approximate surface area is 87.3 Å². The van der Waals surface area contributed by atoms with Crippen LogP contribution in [0, 0.1) is 17.3 Å². The fraction of sp³-hybridized carbons (Fsp3) is 0.923. The van der Waals surface area contributed by atoms with E-state index in [1.807, 2.05) is 0 Å². The van der Waals surface area contributed by atoms with Crippen LogP contribution < -0.4 is 0 Å². The average molecular weight is 194 g/mol. The van der Waals surface area contributed by atoms with Crippen molar-refractivity contribution in [2.75, 3.05) is 0 Å². The highest BCUT2D eigenvalue weighted by Crippen LogP contribution is 2.48. The maximum Gasteiger partial charge on any atom is 0.133 e. The highest BCUT2D eigenvalue weighted by Gasteiger charge is 2.41. The number of ketones is 1. The molecule has 80 valence electrons. The fourth-order valence-corrected chi connectivity index (χ4v) is 3.36. The lowest BCUT2D eigenvalue weighted by atomic mass is 9.67. The summed E-state index contributed by atoms with van der Waals surface area (Å²) in [6, 6.07) is 0. The smallest absolute Gasteiger partial charge is 0.133 e. The van der Waals surface area contributed by atoms with E-state index in [0.717, 1.165) is 31.1 Å². The normalized spacial score (nSPS) is 44.3. The Balaban J connectivity index is 1.97. The van der Waals surface area contributed by atoms with Crippen LogP contribution in [-0.4, -0.2) is 5.78 Å². The van der Waals surface area contributed by atoms with Crippen LogP contribution in [0.25, 0.3) is 0 Å². The Morgan fingerprint density at radius 2 is 1.86 bits per heavy atom. The van der Waals surface area contributed by atoms with Crippen molar-refractivity contribution in [3.63, 3.8) is 0 Å². The molecule has 2 rings (SSSR count). The van der Waals surface area contributed by atoms with Crippen LogP contribution in [-0.2, 0) is 4.79 Å². The van der Waals surface area contributed by atoms with E-state index in [0.29, 0.717) is 11.2 Å². The predicted octanol–water partition coefficient (Wildman–Crippen LogP) is 3.57. The first-order valence-electron chi connectivity index (χ1n) is 6.12. The van der Waals surface area contributed by atoms with Crippen LogP contribution in [0.1, 0.15) is 58.8 Å². The third kappa shape index (κ3) is 1.87. The summed E-state index contributed by atoms with van der Waals surface area (Å²) in [6.45, 7) is 4.71. The van der Waals surface area contributed by atoms with Crippen LogP contribution in [0.15, 0.2) is 0 Å². The molecule has 0 bridgehead atoms. The number of carbonyl (C=O) groups excluding carboxylic acids is 1. The Bertz CT molecular complexity index is 225. The average Bonchev–Trinajstić information content (AvgIpc) is 2.48. The van der Waals surface area contributed by atoms with Crippen molar-refractivity contribution in [2.24, 2.45) is 17.3 Å². The summed E-state index contributed by atoms with van der Waals surface area (Å²) in [7, 11) is 0. The van der Waals surface area contributed by atoms with Gasteiger partial charge in [0.2, 0.25) is 0 Å². The van der Waals surface area contributed by atoms with Crippen molar-refractivity contribution in [1.82, 2.24) is 0 Å². The van der Waals surface area contributed by atoms with Gasteiger partial charge in [-0.3, -0.25) is 4.79 Å². The zero-order valence-electron chi connectivity index (χ0n) is 9.51. The molecule has 0 aromatic carbocycles. The summed E-state index contributed by atoms with van der Waals surface area (Å²) in [4.78, 5) is 11.4. The van der Waals surface area contributed by atoms with Crippen molar-refractivity contribution < 1.29 is 4.79 Å².